The van der Waals surface area contributed by atoms with E-state index in [1.54, 1.807) is 18.2 Å². The highest BCUT2D eigenvalue weighted by Gasteiger charge is 2.17. The van der Waals surface area contributed by atoms with Crippen molar-refractivity contribution in [3.8, 4) is 0 Å². The Morgan fingerprint density at radius 2 is 1.80 bits per heavy atom. The van der Waals surface area contributed by atoms with Crippen LogP contribution in [0.1, 0.15) is 41.5 Å². The molecule has 0 aromatic heterocycles. The first-order valence-electron chi connectivity index (χ1n) is 4.78. The van der Waals surface area contributed by atoms with E-state index < -0.39 is 0 Å². The summed E-state index contributed by atoms with van der Waals surface area (Å²) in [5.41, 5.74) is 1.00. The minimum Gasteiger partial charge on any atom is -0.294 e. The normalized spacial score (nSPS) is 10.5. The number of carbonyl (C=O) groups excluding carboxylic acids is 2. The van der Waals surface area contributed by atoms with Crippen molar-refractivity contribution in [2.24, 2.45) is 5.92 Å². The van der Waals surface area contributed by atoms with Crippen LogP contribution in [0, 0.1) is 5.92 Å². The summed E-state index contributed by atoms with van der Waals surface area (Å²) in [4.78, 5) is 23.2. The maximum Gasteiger partial charge on any atom is 0.166 e. The average Bonchev–Trinajstić information content (AvgIpc) is 2.16. The summed E-state index contributed by atoms with van der Waals surface area (Å²) in [5, 5.41) is 0. The molecule has 0 N–H and O–H groups in total. The Bertz CT molecular complexity index is 408. The number of hydrogen-bond acceptors (Lipinski definition) is 2. The number of Topliss-reactive ketones (excluding diaryl/α,β-unsaturated/α-hetero) is 2. The molecule has 0 aliphatic carbocycles. The number of hydrogen-bond donors (Lipinski definition) is 0. The minimum atomic E-state index is -0.0933. The zero-order chi connectivity index (χ0) is 11.6. The molecular formula is C12H13BrO2. The maximum absolute atomic E-state index is 11.8. The summed E-state index contributed by atoms with van der Waals surface area (Å²) in [6, 6.07) is 5.17. The van der Waals surface area contributed by atoms with Gasteiger partial charge in [0.1, 0.15) is 0 Å². The van der Waals surface area contributed by atoms with Gasteiger partial charge in [-0.15, -0.1) is 0 Å². The van der Waals surface area contributed by atoms with Gasteiger partial charge in [-0.05, 0) is 25.1 Å². The lowest BCUT2D eigenvalue weighted by atomic mass is 9.95. The summed E-state index contributed by atoms with van der Waals surface area (Å²) in [7, 11) is 0. The highest BCUT2D eigenvalue weighted by atomic mass is 79.9. The van der Waals surface area contributed by atoms with Gasteiger partial charge in [0.15, 0.2) is 11.6 Å². The van der Waals surface area contributed by atoms with E-state index in [0.717, 1.165) is 4.47 Å². The van der Waals surface area contributed by atoms with Crippen LogP contribution < -0.4 is 0 Å². The predicted molar refractivity (Wildman–Crippen MR) is 63.3 cm³/mol. The van der Waals surface area contributed by atoms with Crippen LogP contribution in [0.25, 0.3) is 0 Å². The Morgan fingerprint density at radius 1 is 1.20 bits per heavy atom. The largest absolute Gasteiger partial charge is 0.294 e. The Labute approximate surface area is 97.8 Å². The van der Waals surface area contributed by atoms with Crippen LogP contribution in [0.5, 0.6) is 0 Å². The molecule has 2 nitrogen and oxygen atoms in total. The Morgan fingerprint density at radius 3 is 2.27 bits per heavy atom. The summed E-state index contributed by atoms with van der Waals surface area (Å²) >= 11 is 3.29. The van der Waals surface area contributed by atoms with Crippen molar-refractivity contribution in [2.75, 3.05) is 0 Å². The van der Waals surface area contributed by atoms with E-state index in [4.69, 9.17) is 0 Å². The van der Waals surface area contributed by atoms with Crippen molar-refractivity contribution in [3.05, 3.63) is 33.8 Å². The van der Waals surface area contributed by atoms with Gasteiger partial charge in [0.2, 0.25) is 0 Å². The van der Waals surface area contributed by atoms with Crippen LogP contribution in [0.2, 0.25) is 0 Å². The Kier molecular flexibility index (Phi) is 3.80. The second kappa shape index (κ2) is 4.71. The van der Waals surface area contributed by atoms with Gasteiger partial charge in [-0.1, -0.05) is 29.8 Å². The molecule has 0 radical (unpaired) electrons. The zero-order valence-corrected chi connectivity index (χ0v) is 10.6. The molecule has 0 amide bonds. The van der Waals surface area contributed by atoms with Gasteiger partial charge in [0, 0.05) is 21.5 Å². The SMILES string of the molecule is CC(=O)c1cc(Br)ccc1C(=O)C(C)C. The number of rotatable bonds is 3. The van der Waals surface area contributed by atoms with E-state index in [0.29, 0.717) is 11.1 Å². The molecule has 0 aliphatic heterocycles. The van der Waals surface area contributed by atoms with E-state index in [2.05, 4.69) is 15.9 Å². The van der Waals surface area contributed by atoms with Crippen LogP contribution in [-0.2, 0) is 0 Å². The summed E-state index contributed by atoms with van der Waals surface area (Å²) in [6.45, 7) is 5.13. The van der Waals surface area contributed by atoms with Crippen molar-refractivity contribution in [1.82, 2.24) is 0 Å². The van der Waals surface area contributed by atoms with E-state index in [9.17, 15) is 9.59 Å². The molecule has 0 spiro atoms. The van der Waals surface area contributed by atoms with E-state index in [-0.39, 0.29) is 17.5 Å². The second-order valence-electron chi connectivity index (χ2n) is 3.77. The summed E-state index contributed by atoms with van der Waals surface area (Å²) < 4.78 is 0.813. The summed E-state index contributed by atoms with van der Waals surface area (Å²) in [5.74, 6) is -0.169. The third-order valence-electron chi connectivity index (χ3n) is 2.15. The first-order valence-corrected chi connectivity index (χ1v) is 5.57. The van der Waals surface area contributed by atoms with Crippen LogP contribution in [0.3, 0.4) is 0 Å². The van der Waals surface area contributed by atoms with Crippen LogP contribution in [-0.4, -0.2) is 11.6 Å². The molecule has 1 rings (SSSR count). The van der Waals surface area contributed by atoms with Crippen LogP contribution in [0.15, 0.2) is 22.7 Å². The second-order valence-corrected chi connectivity index (χ2v) is 4.68. The fraction of sp³-hybridized carbons (Fsp3) is 0.333. The topological polar surface area (TPSA) is 34.1 Å². The Hall–Kier alpha value is -0.960. The fourth-order valence-corrected chi connectivity index (χ4v) is 1.69. The van der Waals surface area contributed by atoms with Crippen molar-refractivity contribution in [2.45, 2.75) is 20.8 Å². The van der Waals surface area contributed by atoms with Crippen molar-refractivity contribution >= 4 is 27.5 Å². The predicted octanol–water partition coefficient (Wildman–Crippen LogP) is 3.49. The quantitative estimate of drug-likeness (QED) is 0.787. The number of benzene rings is 1. The molecule has 0 aliphatic rings. The van der Waals surface area contributed by atoms with Gasteiger partial charge in [0.05, 0.1) is 0 Å². The molecule has 0 fully saturated rings. The molecule has 1 aromatic carbocycles. The summed E-state index contributed by atoms with van der Waals surface area (Å²) in [6.07, 6.45) is 0. The molecule has 15 heavy (non-hydrogen) atoms. The van der Waals surface area contributed by atoms with E-state index in [1.807, 2.05) is 13.8 Å². The lowest BCUT2D eigenvalue weighted by Crippen LogP contribution is -2.12. The number of halogens is 1. The van der Waals surface area contributed by atoms with E-state index in [1.165, 1.54) is 6.92 Å². The zero-order valence-electron chi connectivity index (χ0n) is 9.00. The maximum atomic E-state index is 11.8. The first-order chi connectivity index (χ1) is 6.93. The molecule has 0 saturated carbocycles. The van der Waals surface area contributed by atoms with Gasteiger partial charge in [0.25, 0.3) is 0 Å². The van der Waals surface area contributed by atoms with Gasteiger partial charge in [-0.3, -0.25) is 9.59 Å². The first kappa shape index (κ1) is 12.1. The van der Waals surface area contributed by atoms with Crippen molar-refractivity contribution < 1.29 is 9.59 Å². The molecule has 3 heteroatoms. The molecule has 0 saturated heterocycles. The standard InChI is InChI=1S/C12H13BrO2/c1-7(2)12(15)10-5-4-9(13)6-11(10)8(3)14/h4-7H,1-3H3. The van der Waals surface area contributed by atoms with Crippen LogP contribution in [0.4, 0.5) is 0 Å². The van der Waals surface area contributed by atoms with E-state index >= 15 is 0 Å². The minimum absolute atomic E-state index is 0.00713. The third-order valence-corrected chi connectivity index (χ3v) is 2.64. The van der Waals surface area contributed by atoms with Gasteiger partial charge < -0.3 is 0 Å². The third kappa shape index (κ3) is 2.75. The molecule has 0 bridgehead atoms. The van der Waals surface area contributed by atoms with Gasteiger partial charge in [-0.2, -0.15) is 0 Å². The van der Waals surface area contributed by atoms with Crippen molar-refractivity contribution in [3.63, 3.8) is 0 Å². The molecule has 80 valence electrons. The van der Waals surface area contributed by atoms with Gasteiger partial charge >= 0.3 is 0 Å². The molecule has 0 heterocycles. The average molecular weight is 269 g/mol. The smallest absolute Gasteiger partial charge is 0.166 e. The highest BCUT2D eigenvalue weighted by Crippen LogP contribution is 2.20. The number of carbonyl (C=O) groups is 2. The monoisotopic (exact) mass is 268 g/mol. The lowest BCUT2D eigenvalue weighted by Gasteiger charge is -2.08. The van der Waals surface area contributed by atoms with Crippen molar-refractivity contribution in [1.29, 1.82) is 0 Å². The molecule has 1 aromatic rings. The fourth-order valence-electron chi connectivity index (χ4n) is 1.33. The molecule has 0 atom stereocenters. The Balaban J connectivity index is 3.29. The highest BCUT2D eigenvalue weighted by molar-refractivity contribution is 9.10. The van der Waals surface area contributed by atoms with Crippen LogP contribution >= 0.6 is 15.9 Å². The van der Waals surface area contributed by atoms with Gasteiger partial charge in [-0.25, -0.2) is 0 Å². The molecular weight excluding hydrogens is 256 g/mol. The lowest BCUT2D eigenvalue weighted by molar-refractivity contribution is 0.0927. The molecule has 0 unspecified atom stereocenters. The number of ketones is 2.